The molecule has 4 unspecified atom stereocenters. The average molecular weight is 233 g/mol. The van der Waals surface area contributed by atoms with Crippen LogP contribution in [0.4, 0.5) is 0 Å². The Hall–Kier alpha value is -1.02. The molecule has 1 aromatic carbocycles. The number of hydrogen-bond donors (Lipinski definition) is 1. The Morgan fingerprint density at radius 1 is 1.24 bits per heavy atom. The molecular weight excluding hydrogens is 210 g/mol. The number of hydrogen-bond acceptors (Lipinski definition) is 2. The predicted octanol–water partition coefficient (Wildman–Crippen LogP) is 3.04. The molecule has 0 bridgehead atoms. The molecule has 1 N–H and O–H groups in total. The fourth-order valence-corrected chi connectivity index (χ4v) is 3.44. The molecule has 1 saturated carbocycles. The fourth-order valence-electron chi connectivity index (χ4n) is 3.44. The molecule has 1 aliphatic carbocycles. The Morgan fingerprint density at radius 2 is 1.88 bits per heavy atom. The summed E-state index contributed by atoms with van der Waals surface area (Å²) in [5.41, 5.74) is 1.46. The van der Waals surface area contributed by atoms with Gasteiger partial charge in [0.15, 0.2) is 0 Å². The molecule has 94 valence electrons. The van der Waals surface area contributed by atoms with Crippen molar-refractivity contribution >= 4 is 0 Å². The molecule has 0 aliphatic heterocycles. The van der Waals surface area contributed by atoms with Crippen LogP contribution in [0.25, 0.3) is 0 Å². The van der Waals surface area contributed by atoms with Gasteiger partial charge in [0.2, 0.25) is 0 Å². The van der Waals surface area contributed by atoms with Crippen LogP contribution >= 0.6 is 0 Å². The smallest absolute Gasteiger partial charge is 0.118 e. The first kappa shape index (κ1) is 12.4. The minimum Gasteiger partial charge on any atom is -0.497 e. The lowest BCUT2D eigenvalue weighted by molar-refractivity contribution is 0.0847. The summed E-state index contributed by atoms with van der Waals surface area (Å²) in [7, 11) is 3.79. The van der Waals surface area contributed by atoms with Gasteiger partial charge in [-0.2, -0.15) is 0 Å². The monoisotopic (exact) mass is 233 g/mol. The molecule has 0 radical (unpaired) electrons. The van der Waals surface area contributed by atoms with Crippen LogP contribution in [-0.4, -0.2) is 20.2 Å². The van der Waals surface area contributed by atoms with Crippen LogP contribution in [0.15, 0.2) is 24.3 Å². The molecule has 0 aromatic heterocycles. The van der Waals surface area contributed by atoms with Crippen LogP contribution in [0.5, 0.6) is 5.75 Å². The molecule has 4 atom stereocenters. The fraction of sp³-hybridized carbons (Fsp3) is 0.600. The zero-order chi connectivity index (χ0) is 12.4. The Morgan fingerprint density at radius 3 is 2.35 bits per heavy atom. The maximum atomic E-state index is 5.21. The van der Waals surface area contributed by atoms with E-state index in [1.54, 1.807) is 7.11 Å². The highest BCUT2D eigenvalue weighted by atomic mass is 16.5. The molecule has 1 aliphatic rings. The largest absolute Gasteiger partial charge is 0.497 e. The highest BCUT2D eigenvalue weighted by molar-refractivity contribution is 5.32. The van der Waals surface area contributed by atoms with Crippen molar-refractivity contribution < 1.29 is 4.74 Å². The Labute approximate surface area is 104 Å². The van der Waals surface area contributed by atoms with Gasteiger partial charge in [0, 0.05) is 6.04 Å². The van der Waals surface area contributed by atoms with E-state index in [2.05, 4.69) is 50.5 Å². The molecule has 0 spiro atoms. The quantitative estimate of drug-likeness (QED) is 0.863. The molecule has 0 heterocycles. The van der Waals surface area contributed by atoms with E-state index in [0.29, 0.717) is 12.0 Å². The van der Waals surface area contributed by atoms with E-state index in [-0.39, 0.29) is 0 Å². The van der Waals surface area contributed by atoms with E-state index in [4.69, 9.17) is 4.74 Å². The van der Waals surface area contributed by atoms with E-state index in [9.17, 15) is 0 Å². The summed E-state index contributed by atoms with van der Waals surface area (Å²) in [6, 6.07) is 9.25. The summed E-state index contributed by atoms with van der Waals surface area (Å²) >= 11 is 0. The van der Waals surface area contributed by atoms with E-state index in [0.717, 1.165) is 17.6 Å². The van der Waals surface area contributed by atoms with Gasteiger partial charge in [-0.05, 0) is 42.5 Å². The maximum Gasteiger partial charge on any atom is 0.118 e. The van der Waals surface area contributed by atoms with E-state index in [1.807, 2.05) is 0 Å². The Balaban J connectivity index is 2.16. The molecule has 17 heavy (non-hydrogen) atoms. The first-order chi connectivity index (χ1) is 8.22. The second kappa shape index (κ2) is 5.09. The lowest BCUT2D eigenvalue weighted by atomic mass is 9.58. The van der Waals surface area contributed by atoms with Crippen molar-refractivity contribution in [3.8, 4) is 5.75 Å². The van der Waals surface area contributed by atoms with Gasteiger partial charge < -0.3 is 10.1 Å². The standard InChI is InChI=1S/C15H23NO/c1-5-13-14(10(2)15(13)16-3)11-6-8-12(17-4)9-7-11/h6-10,13-16H,5H2,1-4H3. The van der Waals surface area contributed by atoms with Crippen LogP contribution in [0.3, 0.4) is 0 Å². The van der Waals surface area contributed by atoms with Crippen molar-refractivity contribution in [2.75, 3.05) is 14.2 Å². The molecular formula is C15H23NO. The van der Waals surface area contributed by atoms with Crippen molar-refractivity contribution in [2.45, 2.75) is 32.2 Å². The predicted molar refractivity (Wildman–Crippen MR) is 71.5 cm³/mol. The lowest BCUT2D eigenvalue weighted by Crippen LogP contribution is -2.54. The first-order valence-electron chi connectivity index (χ1n) is 6.54. The Kier molecular flexibility index (Phi) is 3.72. The third-order valence-electron chi connectivity index (χ3n) is 4.36. The van der Waals surface area contributed by atoms with Gasteiger partial charge in [0.25, 0.3) is 0 Å². The molecule has 2 heteroatoms. The second-order valence-electron chi connectivity index (χ2n) is 5.04. The van der Waals surface area contributed by atoms with Gasteiger partial charge in [0.05, 0.1) is 7.11 Å². The van der Waals surface area contributed by atoms with Gasteiger partial charge in [0.1, 0.15) is 5.75 Å². The van der Waals surface area contributed by atoms with Gasteiger partial charge >= 0.3 is 0 Å². The third-order valence-corrected chi connectivity index (χ3v) is 4.36. The normalized spacial score (nSPS) is 32.0. The van der Waals surface area contributed by atoms with Gasteiger partial charge in [-0.15, -0.1) is 0 Å². The number of ether oxygens (including phenoxy) is 1. The van der Waals surface area contributed by atoms with Gasteiger partial charge in [-0.1, -0.05) is 32.4 Å². The summed E-state index contributed by atoms with van der Waals surface area (Å²) in [4.78, 5) is 0. The number of rotatable bonds is 4. The van der Waals surface area contributed by atoms with Crippen LogP contribution in [0.2, 0.25) is 0 Å². The van der Waals surface area contributed by atoms with Crippen LogP contribution in [-0.2, 0) is 0 Å². The minimum absolute atomic E-state index is 0.673. The summed E-state index contributed by atoms with van der Waals surface area (Å²) in [6.45, 7) is 4.64. The van der Waals surface area contributed by atoms with E-state index in [1.165, 1.54) is 12.0 Å². The molecule has 0 saturated heterocycles. The van der Waals surface area contributed by atoms with Crippen molar-refractivity contribution in [3.05, 3.63) is 29.8 Å². The van der Waals surface area contributed by atoms with Gasteiger partial charge in [-0.25, -0.2) is 0 Å². The van der Waals surface area contributed by atoms with E-state index >= 15 is 0 Å². The van der Waals surface area contributed by atoms with Crippen molar-refractivity contribution in [1.29, 1.82) is 0 Å². The number of nitrogens with one attached hydrogen (secondary N) is 1. The summed E-state index contributed by atoms with van der Waals surface area (Å²) in [6.07, 6.45) is 1.24. The van der Waals surface area contributed by atoms with Crippen molar-refractivity contribution in [3.63, 3.8) is 0 Å². The lowest BCUT2D eigenvalue weighted by Gasteiger charge is -2.51. The summed E-state index contributed by atoms with van der Waals surface area (Å²) in [5.74, 6) is 3.13. The van der Waals surface area contributed by atoms with Crippen LogP contribution in [0.1, 0.15) is 31.7 Å². The van der Waals surface area contributed by atoms with Crippen LogP contribution < -0.4 is 10.1 Å². The van der Waals surface area contributed by atoms with Crippen molar-refractivity contribution in [2.24, 2.45) is 11.8 Å². The molecule has 1 aromatic rings. The van der Waals surface area contributed by atoms with Gasteiger partial charge in [-0.3, -0.25) is 0 Å². The minimum atomic E-state index is 0.673. The third kappa shape index (κ3) is 2.06. The molecule has 2 nitrogen and oxygen atoms in total. The molecule has 2 rings (SSSR count). The molecule has 1 fully saturated rings. The number of methoxy groups -OCH3 is 1. The average Bonchev–Trinajstić information content (AvgIpc) is 2.37. The zero-order valence-electron chi connectivity index (χ0n) is 11.2. The van der Waals surface area contributed by atoms with E-state index < -0.39 is 0 Å². The Bertz CT molecular complexity index is 360. The summed E-state index contributed by atoms with van der Waals surface area (Å²) < 4.78 is 5.21. The zero-order valence-corrected chi connectivity index (χ0v) is 11.2. The first-order valence-corrected chi connectivity index (χ1v) is 6.54. The second-order valence-corrected chi connectivity index (χ2v) is 5.04. The topological polar surface area (TPSA) is 21.3 Å². The van der Waals surface area contributed by atoms with Crippen molar-refractivity contribution in [1.82, 2.24) is 5.32 Å². The number of benzene rings is 1. The SMILES string of the molecule is CCC1C(NC)C(C)C1c1ccc(OC)cc1. The highest BCUT2D eigenvalue weighted by Crippen LogP contribution is 2.49. The highest BCUT2D eigenvalue weighted by Gasteiger charge is 2.46. The summed E-state index contributed by atoms with van der Waals surface area (Å²) in [5, 5.41) is 3.45. The maximum absolute atomic E-state index is 5.21. The van der Waals surface area contributed by atoms with Crippen LogP contribution in [0, 0.1) is 11.8 Å². The molecule has 0 amide bonds.